The Hall–Kier alpha value is -2.63. The summed E-state index contributed by atoms with van der Waals surface area (Å²) < 4.78 is 5.81. The number of unbranched alkanes of at least 4 members (excludes halogenated alkanes) is 10. The van der Waals surface area contributed by atoms with E-state index in [1.165, 1.54) is 19.3 Å². The maximum absolute atomic E-state index is 12.5. The fourth-order valence-corrected chi connectivity index (χ4v) is 4.14. The van der Waals surface area contributed by atoms with Crippen molar-refractivity contribution >= 4 is 17.8 Å². The van der Waals surface area contributed by atoms with Crippen molar-refractivity contribution in [3.8, 4) is 0 Å². The quantitative estimate of drug-likeness (QED) is 0.0596. The van der Waals surface area contributed by atoms with Crippen molar-refractivity contribution in [3.05, 3.63) is 48.6 Å². The summed E-state index contributed by atoms with van der Waals surface area (Å²) in [6, 6.07) is 0. The monoisotopic (exact) mass is 559 g/mol. The Morgan fingerprint density at radius 2 is 1.30 bits per heavy atom. The fourth-order valence-electron chi connectivity index (χ4n) is 4.14. The summed E-state index contributed by atoms with van der Waals surface area (Å²) in [6.45, 7) is 4.02. The molecule has 0 aliphatic heterocycles. The molecule has 0 aromatic rings. The summed E-state index contributed by atoms with van der Waals surface area (Å²) in [5.41, 5.74) is 0. The smallest absolute Gasteiger partial charge is 0.322 e. The normalized spacial score (nSPS) is 12.7. The van der Waals surface area contributed by atoms with Crippen LogP contribution in [0.1, 0.15) is 136 Å². The summed E-state index contributed by atoms with van der Waals surface area (Å²) in [5, 5.41) is 11.0. The summed E-state index contributed by atoms with van der Waals surface area (Å²) in [6.07, 6.45) is 35.3. The highest BCUT2D eigenvalue weighted by Crippen LogP contribution is 2.14. The molecule has 6 heteroatoms. The minimum absolute atomic E-state index is 0.117. The molecular formula is C34H57NO5. The van der Waals surface area contributed by atoms with Gasteiger partial charge in [-0.1, -0.05) is 94.9 Å². The van der Waals surface area contributed by atoms with E-state index in [1.54, 1.807) is 0 Å². The Bertz CT molecular complexity index is 753. The van der Waals surface area contributed by atoms with Crippen LogP contribution in [0.15, 0.2) is 48.6 Å². The number of carboxylic acids is 1. The van der Waals surface area contributed by atoms with Gasteiger partial charge in [-0.2, -0.15) is 0 Å². The number of hydrogen-bond donors (Lipinski definition) is 2. The third-order valence-electron chi connectivity index (χ3n) is 6.47. The van der Waals surface area contributed by atoms with Crippen LogP contribution < -0.4 is 5.32 Å². The molecule has 0 radical (unpaired) electrons. The first-order valence-corrected chi connectivity index (χ1v) is 15.8. The van der Waals surface area contributed by atoms with E-state index in [1.807, 2.05) is 0 Å². The fraction of sp³-hybridized carbons (Fsp3) is 0.676. The van der Waals surface area contributed by atoms with E-state index < -0.39 is 5.97 Å². The molecule has 40 heavy (non-hydrogen) atoms. The predicted molar refractivity (Wildman–Crippen MR) is 166 cm³/mol. The Balaban J connectivity index is 4.21. The van der Waals surface area contributed by atoms with Gasteiger partial charge in [0.2, 0.25) is 5.91 Å². The van der Waals surface area contributed by atoms with Crippen LogP contribution in [0.4, 0.5) is 0 Å². The zero-order valence-electron chi connectivity index (χ0n) is 25.4. The molecule has 0 rings (SSSR count). The van der Waals surface area contributed by atoms with Gasteiger partial charge < -0.3 is 15.2 Å². The van der Waals surface area contributed by atoms with E-state index in [9.17, 15) is 14.4 Å². The second kappa shape index (κ2) is 29.4. The lowest BCUT2D eigenvalue weighted by Gasteiger charge is -2.15. The number of carboxylic acid groups (broad SMARTS) is 1. The third-order valence-corrected chi connectivity index (χ3v) is 6.47. The highest BCUT2D eigenvalue weighted by molar-refractivity contribution is 5.80. The topological polar surface area (TPSA) is 92.7 Å². The van der Waals surface area contributed by atoms with Crippen molar-refractivity contribution in [1.29, 1.82) is 0 Å². The number of ether oxygens (including phenoxy) is 1. The zero-order valence-corrected chi connectivity index (χ0v) is 25.4. The van der Waals surface area contributed by atoms with E-state index in [0.29, 0.717) is 12.8 Å². The van der Waals surface area contributed by atoms with Gasteiger partial charge in [-0.25, -0.2) is 0 Å². The third kappa shape index (κ3) is 28.4. The molecule has 0 aromatic heterocycles. The van der Waals surface area contributed by atoms with E-state index in [0.717, 1.165) is 89.9 Å². The predicted octanol–water partition coefficient (Wildman–Crippen LogP) is 8.78. The van der Waals surface area contributed by atoms with Crippen molar-refractivity contribution in [3.63, 3.8) is 0 Å². The van der Waals surface area contributed by atoms with Crippen LogP contribution in [0.2, 0.25) is 0 Å². The first-order valence-electron chi connectivity index (χ1n) is 15.8. The van der Waals surface area contributed by atoms with Gasteiger partial charge in [0.15, 0.2) is 0 Å². The van der Waals surface area contributed by atoms with Crippen molar-refractivity contribution in [2.24, 2.45) is 0 Å². The number of aliphatic carboxylic acids is 1. The van der Waals surface area contributed by atoms with E-state index in [2.05, 4.69) is 67.8 Å². The molecule has 0 aliphatic carbocycles. The minimum atomic E-state index is -1.03. The van der Waals surface area contributed by atoms with Gasteiger partial charge in [0.05, 0.1) is 0 Å². The molecule has 6 nitrogen and oxygen atoms in total. The maximum atomic E-state index is 12.5. The second-order valence-electron chi connectivity index (χ2n) is 10.3. The molecule has 1 unspecified atom stereocenters. The van der Waals surface area contributed by atoms with E-state index in [4.69, 9.17) is 9.84 Å². The van der Waals surface area contributed by atoms with Crippen LogP contribution in [0.25, 0.3) is 0 Å². The van der Waals surface area contributed by atoms with Crippen LogP contribution in [0, 0.1) is 0 Å². The summed E-state index contributed by atoms with van der Waals surface area (Å²) in [4.78, 5) is 34.6. The van der Waals surface area contributed by atoms with Gasteiger partial charge in [0, 0.05) is 12.8 Å². The van der Waals surface area contributed by atoms with Crippen LogP contribution >= 0.6 is 0 Å². The number of carbonyl (C=O) groups is 3. The molecule has 0 saturated carbocycles. The molecule has 0 spiro atoms. The second-order valence-corrected chi connectivity index (χ2v) is 10.3. The molecule has 0 saturated heterocycles. The highest BCUT2D eigenvalue weighted by Gasteiger charge is 2.11. The molecule has 1 amide bonds. The van der Waals surface area contributed by atoms with Crippen LogP contribution in [0.3, 0.4) is 0 Å². The minimum Gasteiger partial charge on any atom is -0.480 e. The average molecular weight is 560 g/mol. The molecule has 0 aromatic carbocycles. The first-order chi connectivity index (χ1) is 19.5. The van der Waals surface area contributed by atoms with Gasteiger partial charge >= 0.3 is 11.9 Å². The van der Waals surface area contributed by atoms with Crippen molar-refractivity contribution in [1.82, 2.24) is 5.32 Å². The van der Waals surface area contributed by atoms with Gasteiger partial charge in [-0.3, -0.25) is 14.4 Å². The number of amides is 1. The summed E-state index contributed by atoms with van der Waals surface area (Å²) in [5.74, 6) is -1.37. The Morgan fingerprint density at radius 3 is 2.00 bits per heavy atom. The number of nitrogens with one attached hydrogen (secondary N) is 1. The summed E-state index contributed by atoms with van der Waals surface area (Å²) >= 11 is 0. The lowest BCUT2D eigenvalue weighted by Crippen LogP contribution is -2.28. The molecule has 0 heterocycles. The van der Waals surface area contributed by atoms with Gasteiger partial charge in [-0.15, -0.1) is 0 Å². The number of esters is 1. The lowest BCUT2D eigenvalue weighted by molar-refractivity contribution is -0.147. The Morgan fingerprint density at radius 1 is 0.700 bits per heavy atom. The number of carbonyl (C=O) groups excluding carboxylic acids is 2. The molecule has 0 aliphatic rings. The molecular weight excluding hydrogens is 502 g/mol. The highest BCUT2D eigenvalue weighted by atomic mass is 16.5. The van der Waals surface area contributed by atoms with Gasteiger partial charge in [0.25, 0.3) is 0 Å². The molecule has 228 valence electrons. The Kier molecular flexibility index (Phi) is 27.4. The molecule has 0 fully saturated rings. The number of allylic oxidation sites excluding steroid dienone is 7. The van der Waals surface area contributed by atoms with Crippen LogP contribution in [-0.4, -0.2) is 35.6 Å². The lowest BCUT2D eigenvalue weighted by atomic mass is 10.1. The SMILES string of the molecule is CC/C=C\C/C=C\C/C=C\CCCCCC(=O)OC(/C=C\CCCCCC)CCCCCCC(=O)NCC(=O)O. The summed E-state index contributed by atoms with van der Waals surface area (Å²) in [7, 11) is 0. The average Bonchev–Trinajstić information content (AvgIpc) is 2.93. The van der Waals surface area contributed by atoms with Gasteiger partial charge in [-0.05, 0) is 76.7 Å². The van der Waals surface area contributed by atoms with Crippen molar-refractivity contribution in [2.75, 3.05) is 6.54 Å². The van der Waals surface area contributed by atoms with Gasteiger partial charge in [0.1, 0.15) is 12.6 Å². The van der Waals surface area contributed by atoms with E-state index >= 15 is 0 Å². The molecule has 2 N–H and O–H groups in total. The maximum Gasteiger partial charge on any atom is 0.322 e. The van der Waals surface area contributed by atoms with Crippen molar-refractivity contribution in [2.45, 2.75) is 142 Å². The number of rotatable bonds is 27. The van der Waals surface area contributed by atoms with E-state index in [-0.39, 0.29) is 24.5 Å². The Labute approximate surface area is 244 Å². The largest absolute Gasteiger partial charge is 0.480 e. The van der Waals surface area contributed by atoms with Crippen LogP contribution in [-0.2, 0) is 19.1 Å². The number of hydrogen-bond acceptors (Lipinski definition) is 4. The standard InChI is InChI=1S/C34H57NO5/c1-3-5-7-9-11-12-13-14-15-16-17-19-25-29-34(39)40-31(26-22-18-10-8-6-4-2)27-23-20-21-24-28-32(36)35-30-33(37)38/h5,7,11-12,14-15,22,26,31H,3-4,6,8-10,13,16-21,23-25,27-30H2,1-2H3,(H,35,36)(H,37,38)/b7-5-,12-11-,15-14-,26-22-. The zero-order chi connectivity index (χ0) is 29.5. The molecule has 0 bridgehead atoms. The van der Waals surface area contributed by atoms with Crippen LogP contribution in [0.5, 0.6) is 0 Å². The first kappa shape index (κ1) is 37.4. The van der Waals surface area contributed by atoms with Crippen molar-refractivity contribution < 1.29 is 24.2 Å². The molecule has 1 atom stereocenters.